The predicted octanol–water partition coefficient (Wildman–Crippen LogP) is 2.48. The highest BCUT2D eigenvalue weighted by molar-refractivity contribution is 5.87. The van der Waals surface area contributed by atoms with E-state index in [-0.39, 0.29) is 5.56 Å². The number of piperidine rings is 1. The number of benzene rings is 2. The molecule has 2 aliphatic heterocycles. The van der Waals surface area contributed by atoms with E-state index in [0.717, 1.165) is 44.8 Å². The first-order valence-electron chi connectivity index (χ1n) is 11.6. The minimum Gasteiger partial charge on any atom is -0.497 e. The van der Waals surface area contributed by atoms with E-state index in [9.17, 15) is 4.79 Å². The third-order valence-corrected chi connectivity index (χ3v) is 6.84. The fraction of sp³-hybridized carbons (Fsp3) is 0.440. The zero-order chi connectivity index (χ0) is 22.8. The summed E-state index contributed by atoms with van der Waals surface area (Å²) in [6, 6.07) is 12.4. The minimum absolute atomic E-state index is 0.228. The molecule has 2 aliphatic rings. The molecule has 0 saturated carbocycles. The molecule has 0 radical (unpaired) electrons. The molecule has 8 heteroatoms. The van der Waals surface area contributed by atoms with E-state index in [1.54, 1.807) is 19.2 Å². The molecule has 2 fully saturated rings. The van der Waals surface area contributed by atoms with Gasteiger partial charge in [-0.3, -0.25) is 9.69 Å². The summed E-state index contributed by atoms with van der Waals surface area (Å²) >= 11 is 0. The lowest BCUT2D eigenvalue weighted by atomic mass is 10.0. The SMILES string of the molecule is COc1cc(OC)c2c(=O)[nH]c(-c3ccc(N4CCC(N5CCNCC5)CC4)cc3)nc2c1. The number of hydrogen-bond donors (Lipinski definition) is 2. The Balaban J connectivity index is 1.34. The fourth-order valence-corrected chi connectivity index (χ4v) is 4.99. The molecule has 2 N–H and O–H groups in total. The number of H-pyrrole nitrogens is 1. The first-order chi connectivity index (χ1) is 16.2. The highest BCUT2D eigenvalue weighted by Gasteiger charge is 2.25. The van der Waals surface area contributed by atoms with Crippen LogP contribution in [0.15, 0.2) is 41.2 Å². The molecule has 0 spiro atoms. The van der Waals surface area contributed by atoms with Crippen LogP contribution in [0.1, 0.15) is 12.8 Å². The fourth-order valence-electron chi connectivity index (χ4n) is 4.99. The van der Waals surface area contributed by atoms with Crippen molar-refractivity contribution < 1.29 is 9.47 Å². The van der Waals surface area contributed by atoms with Gasteiger partial charge in [-0.1, -0.05) is 0 Å². The maximum absolute atomic E-state index is 12.8. The smallest absolute Gasteiger partial charge is 0.262 e. The molecule has 2 saturated heterocycles. The number of hydrogen-bond acceptors (Lipinski definition) is 7. The summed E-state index contributed by atoms with van der Waals surface area (Å²) in [6.07, 6.45) is 2.40. The second-order valence-corrected chi connectivity index (χ2v) is 8.69. The van der Waals surface area contributed by atoms with Crippen molar-refractivity contribution in [1.29, 1.82) is 0 Å². The van der Waals surface area contributed by atoms with Crippen molar-refractivity contribution in [1.82, 2.24) is 20.2 Å². The number of piperazine rings is 1. The van der Waals surface area contributed by atoms with Gasteiger partial charge in [0.05, 0.1) is 19.7 Å². The summed E-state index contributed by atoms with van der Waals surface area (Å²) in [7, 11) is 3.12. The summed E-state index contributed by atoms with van der Waals surface area (Å²) in [5, 5.41) is 3.86. The van der Waals surface area contributed by atoms with Crippen molar-refractivity contribution in [3.63, 3.8) is 0 Å². The molecule has 0 amide bonds. The van der Waals surface area contributed by atoms with Gasteiger partial charge in [0.15, 0.2) is 0 Å². The maximum Gasteiger partial charge on any atom is 0.262 e. The first kappa shape index (κ1) is 21.7. The van der Waals surface area contributed by atoms with Crippen molar-refractivity contribution >= 4 is 16.6 Å². The van der Waals surface area contributed by atoms with Gasteiger partial charge in [-0.2, -0.15) is 0 Å². The van der Waals surface area contributed by atoms with Crippen LogP contribution < -0.4 is 25.2 Å². The Labute approximate surface area is 193 Å². The van der Waals surface area contributed by atoms with Gasteiger partial charge in [0.2, 0.25) is 0 Å². The molecule has 0 unspecified atom stereocenters. The molecule has 3 aromatic rings. The Hall–Kier alpha value is -3.10. The third kappa shape index (κ3) is 4.41. The van der Waals surface area contributed by atoms with Crippen LogP contribution >= 0.6 is 0 Å². The molecular weight excluding hydrogens is 418 g/mol. The van der Waals surface area contributed by atoms with Crippen LogP contribution in [0, 0.1) is 0 Å². The number of fused-ring (bicyclic) bond motifs is 1. The van der Waals surface area contributed by atoms with E-state index in [4.69, 9.17) is 9.47 Å². The molecule has 33 heavy (non-hydrogen) atoms. The van der Waals surface area contributed by atoms with Crippen LogP contribution in [0.4, 0.5) is 5.69 Å². The van der Waals surface area contributed by atoms with Crippen molar-refractivity contribution in [2.75, 3.05) is 58.4 Å². The second kappa shape index (κ2) is 9.41. The summed E-state index contributed by atoms with van der Waals surface area (Å²) in [5.41, 5.74) is 2.40. The number of aromatic amines is 1. The minimum atomic E-state index is -0.228. The van der Waals surface area contributed by atoms with Gasteiger partial charge >= 0.3 is 0 Å². The topological polar surface area (TPSA) is 82.7 Å². The largest absolute Gasteiger partial charge is 0.497 e. The lowest BCUT2D eigenvalue weighted by Gasteiger charge is -2.41. The Kier molecular flexibility index (Phi) is 6.20. The zero-order valence-corrected chi connectivity index (χ0v) is 19.3. The van der Waals surface area contributed by atoms with Crippen LogP contribution in [-0.4, -0.2) is 74.4 Å². The lowest BCUT2D eigenvalue weighted by molar-refractivity contribution is 0.150. The number of ether oxygens (including phenoxy) is 2. The number of aromatic nitrogens is 2. The van der Waals surface area contributed by atoms with E-state index < -0.39 is 0 Å². The van der Waals surface area contributed by atoms with Gasteiger partial charge in [-0.15, -0.1) is 0 Å². The quantitative estimate of drug-likeness (QED) is 0.619. The van der Waals surface area contributed by atoms with Crippen LogP contribution in [0.2, 0.25) is 0 Å². The Morgan fingerprint density at radius 1 is 0.970 bits per heavy atom. The first-order valence-corrected chi connectivity index (χ1v) is 11.6. The highest BCUT2D eigenvalue weighted by Crippen LogP contribution is 2.30. The highest BCUT2D eigenvalue weighted by atomic mass is 16.5. The van der Waals surface area contributed by atoms with Gasteiger partial charge < -0.3 is 24.7 Å². The summed E-state index contributed by atoms with van der Waals surface area (Å²) in [6.45, 7) is 6.66. The average Bonchev–Trinajstić information content (AvgIpc) is 2.88. The summed E-state index contributed by atoms with van der Waals surface area (Å²) in [5.74, 6) is 1.58. The van der Waals surface area contributed by atoms with Crippen molar-refractivity contribution in [2.24, 2.45) is 0 Å². The molecular formula is C25H31N5O3. The molecule has 174 valence electrons. The van der Waals surface area contributed by atoms with Gasteiger partial charge in [-0.25, -0.2) is 4.98 Å². The standard InChI is InChI=1S/C25H31N5O3/c1-32-20-15-21-23(22(16-20)33-2)25(31)28-24(27-21)17-3-5-18(6-4-17)29-11-7-19(8-12-29)30-13-9-26-10-14-30/h3-6,15-16,19,26H,7-14H2,1-2H3,(H,27,28,31). The Morgan fingerprint density at radius 3 is 2.36 bits per heavy atom. The van der Waals surface area contributed by atoms with Crippen molar-refractivity contribution in [3.05, 3.63) is 46.8 Å². The Morgan fingerprint density at radius 2 is 1.70 bits per heavy atom. The van der Waals surface area contributed by atoms with E-state index in [2.05, 4.69) is 37.2 Å². The molecule has 1 aromatic heterocycles. The van der Waals surface area contributed by atoms with Gasteiger partial charge in [0, 0.05) is 68.7 Å². The van der Waals surface area contributed by atoms with E-state index in [1.165, 1.54) is 25.6 Å². The number of anilines is 1. The zero-order valence-electron chi connectivity index (χ0n) is 19.3. The molecule has 0 aliphatic carbocycles. The van der Waals surface area contributed by atoms with Gasteiger partial charge in [0.1, 0.15) is 22.7 Å². The predicted molar refractivity (Wildman–Crippen MR) is 131 cm³/mol. The molecule has 5 rings (SSSR count). The van der Waals surface area contributed by atoms with Gasteiger partial charge in [-0.05, 0) is 37.1 Å². The molecule has 0 atom stereocenters. The number of nitrogens with one attached hydrogen (secondary N) is 2. The number of rotatable bonds is 5. The van der Waals surface area contributed by atoms with Crippen molar-refractivity contribution in [3.8, 4) is 22.9 Å². The lowest BCUT2D eigenvalue weighted by Crippen LogP contribution is -2.52. The third-order valence-electron chi connectivity index (χ3n) is 6.84. The van der Waals surface area contributed by atoms with E-state index in [0.29, 0.717) is 34.3 Å². The average molecular weight is 450 g/mol. The van der Waals surface area contributed by atoms with E-state index >= 15 is 0 Å². The number of methoxy groups -OCH3 is 2. The molecule has 8 nitrogen and oxygen atoms in total. The normalized spacial score (nSPS) is 17.9. The summed E-state index contributed by atoms with van der Waals surface area (Å²) < 4.78 is 10.7. The monoisotopic (exact) mass is 449 g/mol. The maximum atomic E-state index is 12.8. The molecule has 0 bridgehead atoms. The molecule has 2 aromatic carbocycles. The number of nitrogens with zero attached hydrogens (tertiary/aromatic N) is 3. The van der Waals surface area contributed by atoms with Crippen LogP contribution in [0.25, 0.3) is 22.3 Å². The Bertz CT molecular complexity index is 1160. The van der Waals surface area contributed by atoms with E-state index in [1.807, 2.05) is 12.1 Å². The van der Waals surface area contributed by atoms with Crippen LogP contribution in [-0.2, 0) is 0 Å². The second-order valence-electron chi connectivity index (χ2n) is 8.69. The van der Waals surface area contributed by atoms with Gasteiger partial charge in [0.25, 0.3) is 5.56 Å². The van der Waals surface area contributed by atoms with Crippen molar-refractivity contribution in [2.45, 2.75) is 18.9 Å². The summed E-state index contributed by atoms with van der Waals surface area (Å²) in [4.78, 5) is 25.5. The molecule has 3 heterocycles. The van der Waals surface area contributed by atoms with Crippen LogP contribution in [0.3, 0.4) is 0 Å². The van der Waals surface area contributed by atoms with Crippen LogP contribution in [0.5, 0.6) is 11.5 Å².